The molecular formula is C110H282ClN5O17SSi11. The number of nitrogens with zero attached hydrogens (tertiary/aromatic N) is 1. The van der Waals surface area contributed by atoms with Crippen LogP contribution in [0, 0.1) is 0 Å². The van der Waals surface area contributed by atoms with Crippen LogP contribution in [0.2, 0.25) is 102 Å². The van der Waals surface area contributed by atoms with Gasteiger partial charge in [0, 0.05) is 193 Å². The maximum atomic E-state index is 11.1. The van der Waals surface area contributed by atoms with Crippen LogP contribution in [0.3, 0.4) is 0 Å². The lowest BCUT2D eigenvalue weighted by Crippen LogP contribution is -2.38. The number of carbonyl (C=O) groups excluding carboxylic acids is 15. The Hall–Kier alpha value is -6.02. The van der Waals surface area contributed by atoms with E-state index in [9.17, 15) is 71.9 Å². The van der Waals surface area contributed by atoms with Crippen molar-refractivity contribution in [2.24, 2.45) is 0 Å². The van der Waals surface area contributed by atoms with Gasteiger partial charge in [0.1, 0.15) is 12.4 Å². The van der Waals surface area contributed by atoms with Crippen LogP contribution < -0.4 is 21.3 Å². The third-order valence-electron chi connectivity index (χ3n) is 12.9. The standard InChI is InChI=1S/C9H18N2O2Si.C9H17NO3Si.C8H14O2SSi.C8H14O2Si.C8H16O2Si.C6H11ClOSi.2C6H13NOSi.2C6H12OSi.C5H10OSi.33CH4/c1-7(2)8(12)4-5-10-9(13)11-6-14-3;1-7(2)8(11)4-5-13-9(12)10-6-14-3;1-3-7(9)4-5-8(10)11-6-12-2;1-6(2)8(10)4-7(9)5-11-3;1-7(2)8(9)4-5-10-6-11-3;1-5(7)6(8)3-4-9-2;1-5(2)6(8)7-4-9-3;1-4-6(8)7(2)5-9-3;2*1-5(2)6(7)4-8-3;1-3-5(6)4-7-2;;;;;;;;;;;;;;;;;;;;;;;;;;;;;;;;;/h1,4-6,14H2,2-3H3,(H2,10,11,13);1,4-6,14H2,2-3H3,(H,10,12);3H,1,4-6,12H2,2H3;1,4-5,11H2,2-3H3;1,4-6,11H2,2-3H3;1,3-4,9H2,2H3;1,4,9H2,2-3H3,(H,7,8);4H,1,5,9H2,2-3H3;2*1,4,8H2,2-3H3;3H,1,4,7H2,2H3;33*1H4. The number of urea groups is 1. The molecule has 0 unspecified atom stereocenters. The average Bonchev–Trinajstić information content (AvgIpc) is 0.992. The van der Waals surface area contributed by atoms with Gasteiger partial charge in [-0.3, -0.25) is 62.3 Å². The van der Waals surface area contributed by atoms with Gasteiger partial charge in [-0.1, -0.05) is 419 Å². The zero-order valence-electron chi connectivity index (χ0n) is 72.8. The van der Waals surface area contributed by atoms with E-state index in [1.807, 2.05) is 0 Å². The number of likely N-dealkylation sites (N-methyl/N-ethyl adjacent to an activating group) is 1. The van der Waals surface area contributed by atoms with Crippen LogP contribution in [0.1, 0.15) is 338 Å². The minimum Gasteiger partial charge on any atom is -0.449 e. The molecule has 0 saturated carbocycles. The first-order chi connectivity index (χ1) is 52.4. The second kappa shape index (κ2) is 222. The molecule has 0 rings (SSSR count). The highest BCUT2D eigenvalue weighted by molar-refractivity contribution is 8.14. The van der Waals surface area contributed by atoms with Crippen molar-refractivity contribution in [2.75, 3.05) is 63.1 Å². The smallest absolute Gasteiger partial charge is 0.406 e. The molecule has 906 valence electrons. The fourth-order valence-corrected chi connectivity index (χ4v) is 14.9. The molecule has 0 spiro atoms. The number of ether oxygens (including phenoxy) is 2. The summed E-state index contributed by atoms with van der Waals surface area (Å²) in [7, 11) is 0.945. The van der Waals surface area contributed by atoms with E-state index >= 15 is 0 Å². The van der Waals surface area contributed by atoms with Crippen molar-refractivity contribution in [3.05, 3.63) is 135 Å². The number of hydrogen-bond donors (Lipinski definition) is 4. The van der Waals surface area contributed by atoms with Gasteiger partial charge < -0.3 is 35.6 Å². The van der Waals surface area contributed by atoms with Gasteiger partial charge in [-0.25, -0.2) is 9.59 Å². The van der Waals surface area contributed by atoms with Gasteiger partial charge >= 0.3 is 12.1 Å². The van der Waals surface area contributed by atoms with E-state index in [0.717, 1.165) is 60.5 Å². The van der Waals surface area contributed by atoms with Gasteiger partial charge in [0.05, 0.1) is 18.1 Å². The minimum atomic E-state index is -0.436. The number of thioether (sulfide) groups is 1. The van der Waals surface area contributed by atoms with Crippen molar-refractivity contribution in [1.29, 1.82) is 0 Å². The van der Waals surface area contributed by atoms with E-state index in [-0.39, 0.29) is 455 Å². The Morgan fingerprint density at radius 3 is 0.924 bits per heavy atom. The molecule has 0 aromatic rings. The van der Waals surface area contributed by atoms with Gasteiger partial charge in [-0.05, 0) is 130 Å². The molecule has 35 heteroatoms. The quantitative estimate of drug-likeness (QED) is 0.0190. The zero-order chi connectivity index (χ0) is 89.6. The van der Waals surface area contributed by atoms with Crippen molar-refractivity contribution in [2.45, 2.75) is 441 Å². The van der Waals surface area contributed by atoms with Crippen LogP contribution in [0.5, 0.6) is 0 Å². The highest BCUT2D eigenvalue weighted by atomic mass is 35.5. The van der Waals surface area contributed by atoms with E-state index in [1.54, 1.807) is 60.4 Å². The van der Waals surface area contributed by atoms with Crippen LogP contribution in [0.4, 0.5) is 9.59 Å². The topological polar surface area (TPSA) is 326 Å². The number of carbonyl (C=O) groups is 15. The molecule has 0 bridgehead atoms. The first kappa shape index (κ1) is 293. The largest absolute Gasteiger partial charge is 0.449 e. The maximum Gasteiger partial charge on any atom is 0.406 e. The van der Waals surface area contributed by atoms with E-state index in [0.29, 0.717) is 90.3 Å². The number of Topliss-reactive ketones (excluding diaryl/α,β-unsaturated/α-hetero) is 8. The molecule has 0 aromatic heterocycles. The van der Waals surface area contributed by atoms with Gasteiger partial charge in [0.25, 0.3) is 0 Å². The Morgan fingerprint density at radius 1 is 0.324 bits per heavy atom. The second-order valence-corrected chi connectivity index (χ2v) is 43.9. The Balaban J connectivity index is -0.0000000181. The average molecular weight is 2320 g/mol. The van der Waals surface area contributed by atoms with E-state index in [2.05, 4.69) is 166 Å². The maximum absolute atomic E-state index is 11.1. The summed E-state index contributed by atoms with van der Waals surface area (Å²) in [6, 6.07) is 3.85. The van der Waals surface area contributed by atoms with Crippen molar-refractivity contribution in [3.63, 3.8) is 0 Å². The second-order valence-electron chi connectivity index (χ2n) is 25.0. The molecule has 0 saturated heterocycles. The predicted octanol–water partition coefficient (Wildman–Crippen LogP) is 26.7. The van der Waals surface area contributed by atoms with Crippen LogP contribution >= 0.6 is 23.4 Å². The summed E-state index contributed by atoms with van der Waals surface area (Å²) in [4.78, 5) is 164. The summed E-state index contributed by atoms with van der Waals surface area (Å²) in [5.41, 5.74) is 4.15. The fraction of sp³-hybridized carbons (Fsp3) is 0.664. The van der Waals surface area contributed by atoms with E-state index < -0.39 is 6.09 Å². The van der Waals surface area contributed by atoms with Crippen LogP contribution in [-0.2, 0) is 71.8 Å². The molecule has 0 aliphatic rings. The molecule has 0 heterocycles. The molecular weight excluding hydrogens is 2040 g/mol. The summed E-state index contributed by atoms with van der Waals surface area (Å²) < 4.78 is 9.98. The number of halogens is 1. The monoisotopic (exact) mass is 2320 g/mol. The molecule has 0 fully saturated rings. The summed E-state index contributed by atoms with van der Waals surface area (Å²) in [5.74, 6) is 0.690. The number of amides is 5. The number of allylic oxidation sites excluding steroid dienone is 9. The Morgan fingerprint density at radius 2 is 0.655 bits per heavy atom. The van der Waals surface area contributed by atoms with Crippen molar-refractivity contribution in [3.8, 4) is 0 Å². The lowest BCUT2D eigenvalue weighted by atomic mass is 10.1. The van der Waals surface area contributed by atoms with Gasteiger partial charge in [0.2, 0.25) is 11.8 Å². The molecule has 0 atom stereocenters. The predicted molar refractivity (Wildman–Crippen MR) is 736 cm³/mol. The summed E-state index contributed by atoms with van der Waals surface area (Å²) in [5, 5.41) is 12.0. The van der Waals surface area contributed by atoms with Gasteiger partial charge in [0.15, 0.2) is 57.2 Å². The summed E-state index contributed by atoms with van der Waals surface area (Å²) >= 11 is 6.70. The van der Waals surface area contributed by atoms with Crippen LogP contribution in [0.25, 0.3) is 0 Å². The highest BCUT2D eigenvalue weighted by Gasteiger charge is 2.11. The summed E-state index contributed by atoms with van der Waals surface area (Å²) in [6.45, 7) is 74.6. The Labute approximate surface area is 954 Å². The van der Waals surface area contributed by atoms with Crippen molar-refractivity contribution in [1.82, 2.24) is 26.2 Å². The Bertz CT molecular complexity index is 2830. The number of rotatable bonds is 48. The number of ketones is 10. The van der Waals surface area contributed by atoms with E-state index in [4.69, 9.17) is 21.1 Å². The van der Waals surface area contributed by atoms with Crippen LogP contribution in [-0.4, -0.2) is 260 Å². The summed E-state index contributed by atoms with van der Waals surface area (Å²) in [6.07, 6.45) is 10.2. The molecule has 145 heavy (non-hydrogen) atoms. The molecule has 22 nitrogen and oxygen atoms in total. The van der Waals surface area contributed by atoms with Gasteiger partial charge in [-0.15, -0.1) is 0 Å². The number of hydrogen-bond acceptors (Lipinski definition) is 18. The van der Waals surface area contributed by atoms with Crippen LogP contribution in [0.15, 0.2) is 135 Å². The molecule has 4 N–H and O–H groups in total. The number of nitrogens with one attached hydrogen (secondary N) is 4. The fourth-order valence-electron chi connectivity index (χ4n) is 6.16. The lowest BCUT2D eigenvalue weighted by molar-refractivity contribution is -0.125. The zero-order valence-corrected chi connectivity index (χ0v) is 89.9. The minimum absolute atomic E-state index is 0. The lowest BCUT2D eigenvalue weighted by Gasteiger charge is -2.12. The van der Waals surface area contributed by atoms with E-state index in [1.165, 1.54) is 30.0 Å². The Kier molecular flexibility index (Phi) is 449. The molecule has 0 aliphatic heterocycles. The SMILES string of the molecule is C.C.C.C.C.C.C.C.C.C.C.C.C.C.C.C.C.C.C.C.C.C.C.C.C.C.C.C.C.C.C.C.C.C=C(C)C(=O)CC(=O)C[SiH2]C.C=C(C)C(=O)CCNC(=O)NC[SiH2]C.C=C(C)C(=O)CCOC(=O)NC[SiH2]C.C=C(C)C(=O)CCOC[SiH2]C.C=C(C)C(=O)C[SiH2]C.C=C(C)C(=O)C[SiH2]C.C=C(C)C(=O)NC[SiH2]C.C=C(Cl)C(=O)CC[SiH2]C.C=CC(=O)CCC(=O)SC[SiH2]C.C=CC(=O)C[SiH2]C.C=CC(=O)N(C)C[SiH2]C. The van der Waals surface area contributed by atoms with Crippen molar-refractivity contribution < 1.29 is 81.4 Å². The first-order valence-corrected chi connectivity index (χ1v) is 66.6. The molecule has 5 amide bonds. The molecule has 0 aromatic carbocycles. The molecule has 0 radical (unpaired) electrons. The third kappa shape index (κ3) is 266. The first-order valence-electron chi connectivity index (χ1n) is 38.7. The molecule has 0 aliphatic carbocycles. The third-order valence-corrected chi connectivity index (χ3v) is 25.1. The van der Waals surface area contributed by atoms with Gasteiger partial charge in [-0.2, -0.15) is 0 Å². The highest BCUT2D eigenvalue weighted by Crippen LogP contribution is 2.08. The number of alkyl carbamates (subject to hydrolysis) is 1. The van der Waals surface area contributed by atoms with Crippen molar-refractivity contribution >= 4 is 215 Å². The normalized spacial score (nSPS) is 7.92.